The lowest BCUT2D eigenvalue weighted by molar-refractivity contribution is -0.128. The maximum Gasteiger partial charge on any atom is 0.227 e. The van der Waals surface area contributed by atoms with Crippen LogP contribution in [0.1, 0.15) is 19.4 Å². The summed E-state index contributed by atoms with van der Waals surface area (Å²) in [5.41, 5.74) is 0.695. The smallest absolute Gasteiger partial charge is 0.227 e. The van der Waals surface area contributed by atoms with Gasteiger partial charge in [0, 0.05) is 27.2 Å². The van der Waals surface area contributed by atoms with Crippen molar-refractivity contribution in [3.8, 4) is 0 Å². The minimum Gasteiger partial charge on any atom is -0.359 e. The molecule has 0 radical (unpaired) electrons. The van der Waals surface area contributed by atoms with Gasteiger partial charge >= 0.3 is 0 Å². The van der Waals surface area contributed by atoms with Gasteiger partial charge in [-0.3, -0.25) is 9.79 Å². The van der Waals surface area contributed by atoms with Gasteiger partial charge in [0.25, 0.3) is 0 Å². The third-order valence-electron chi connectivity index (χ3n) is 3.07. The molecule has 0 saturated heterocycles. The number of carbonyl (C=O) groups excluding carboxylic acids is 1. The molecular formula is C15H25IN4O. The molecule has 1 aromatic rings. The summed E-state index contributed by atoms with van der Waals surface area (Å²) in [6, 6.07) is 10.1. The van der Waals surface area contributed by atoms with E-state index in [2.05, 4.69) is 33.1 Å². The predicted octanol–water partition coefficient (Wildman–Crippen LogP) is 1.74. The monoisotopic (exact) mass is 404 g/mol. The minimum absolute atomic E-state index is 0. The fourth-order valence-corrected chi connectivity index (χ4v) is 1.73. The number of nitrogens with one attached hydrogen (secondary N) is 3. The first-order valence-corrected chi connectivity index (χ1v) is 6.70. The summed E-state index contributed by atoms with van der Waals surface area (Å²) in [7, 11) is 3.36. The molecule has 3 N–H and O–H groups in total. The van der Waals surface area contributed by atoms with E-state index in [-0.39, 0.29) is 29.9 Å². The van der Waals surface area contributed by atoms with E-state index in [9.17, 15) is 4.79 Å². The second kappa shape index (κ2) is 9.59. The van der Waals surface area contributed by atoms with Crippen LogP contribution in [-0.2, 0) is 11.3 Å². The highest BCUT2D eigenvalue weighted by atomic mass is 127. The molecule has 0 aromatic heterocycles. The number of hydrogen-bond acceptors (Lipinski definition) is 2. The lowest BCUT2D eigenvalue weighted by Crippen LogP contribution is -2.47. The zero-order valence-corrected chi connectivity index (χ0v) is 15.4. The van der Waals surface area contributed by atoms with Crippen LogP contribution in [0, 0.1) is 5.41 Å². The Labute approximate surface area is 144 Å². The van der Waals surface area contributed by atoms with Gasteiger partial charge in [0.15, 0.2) is 5.96 Å². The quantitative estimate of drug-likeness (QED) is 0.398. The van der Waals surface area contributed by atoms with E-state index in [1.54, 1.807) is 14.1 Å². The molecule has 21 heavy (non-hydrogen) atoms. The number of halogens is 1. The minimum atomic E-state index is -0.487. The molecule has 6 heteroatoms. The molecule has 0 saturated carbocycles. The number of hydrogen-bond donors (Lipinski definition) is 3. The SMILES string of the molecule is CN=C(NCc1ccccc1)NCC(C)(C)C(=O)NC.I. The molecule has 5 nitrogen and oxygen atoms in total. The molecule has 0 heterocycles. The Morgan fingerprint density at radius 1 is 1.19 bits per heavy atom. The van der Waals surface area contributed by atoms with Crippen LogP contribution in [0.2, 0.25) is 0 Å². The Morgan fingerprint density at radius 3 is 2.33 bits per heavy atom. The fourth-order valence-electron chi connectivity index (χ4n) is 1.73. The van der Waals surface area contributed by atoms with E-state index < -0.39 is 5.41 Å². The molecule has 0 aliphatic carbocycles. The Bertz CT molecular complexity index is 460. The first-order chi connectivity index (χ1) is 9.49. The molecule has 1 amide bonds. The fraction of sp³-hybridized carbons (Fsp3) is 0.467. The zero-order chi connectivity index (χ0) is 15.0. The first kappa shape index (κ1) is 19.7. The highest BCUT2D eigenvalue weighted by Crippen LogP contribution is 2.12. The van der Waals surface area contributed by atoms with Crippen molar-refractivity contribution in [2.24, 2.45) is 10.4 Å². The van der Waals surface area contributed by atoms with Gasteiger partial charge in [-0.2, -0.15) is 0 Å². The van der Waals surface area contributed by atoms with Gasteiger partial charge in [-0.25, -0.2) is 0 Å². The Hall–Kier alpha value is -1.31. The highest BCUT2D eigenvalue weighted by Gasteiger charge is 2.26. The van der Waals surface area contributed by atoms with Crippen molar-refractivity contribution in [3.05, 3.63) is 35.9 Å². The zero-order valence-electron chi connectivity index (χ0n) is 13.1. The molecule has 0 aliphatic rings. The maximum absolute atomic E-state index is 11.7. The van der Waals surface area contributed by atoms with E-state index in [1.807, 2.05) is 32.0 Å². The average Bonchev–Trinajstić information content (AvgIpc) is 2.47. The van der Waals surface area contributed by atoms with E-state index in [0.717, 1.165) is 0 Å². The van der Waals surface area contributed by atoms with Gasteiger partial charge in [-0.05, 0) is 19.4 Å². The predicted molar refractivity (Wildman–Crippen MR) is 97.9 cm³/mol. The topological polar surface area (TPSA) is 65.5 Å². The first-order valence-electron chi connectivity index (χ1n) is 6.70. The van der Waals surface area contributed by atoms with Crippen LogP contribution in [0.5, 0.6) is 0 Å². The van der Waals surface area contributed by atoms with E-state index in [1.165, 1.54) is 5.56 Å². The number of amides is 1. The van der Waals surface area contributed by atoms with Crippen LogP contribution < -0.4 is 16.0 Å². The lowest BCUT2D eigenvalue weighted by Gasteiger charge is -2.24. The Balaban J connectivity index is 0.00000400. The Morgan fingerprint density at radius 2 is 1.81 bits per heavy atom. The normalized spacial score (nSPS) is 11.3. The summed E-state index contributed by atoms with van der Waals surface area (Å²) in [5.74, 6) is 0.689. The third kappa shape index (κ3) is 6.79. The number of carbonyl (C=O) groups is 1. The van der Waals surface area contributed by atoms with Gasteiger partial charge in [-0.15, -0.1) is 24.0 Å². The molecule has 0 atom stereocenters. The second-order valence-corrected chi connectivity index (χ2v) is 5.23. The second-order valence-electron chi connectivity index (χ2n) is 5.23. The van der Waals surface area contributed by atoms with Crippen molar-refractivity contribution in [3.63, 3.8) is 0 Å². The maximum atomic E-state index is 11.7. The van der Waals surface area contributed by atoms with Gasteiger partial charge in [-0.1, -0.05) is 30.3 Å². The van der Waals surface area contributed by atoms with Crippen LogP contribution >= 0.6 is 24.0 Å². The summed E-state index contributed by atoms with van der Waals surface area (Å²) < 4.78 is 0. The number of nitrogens with zero attached hydrogens (tertiary/aromatic N) is 1. The van der Waals surface area contributed by atoms with Crippen molar-refractivity contribution >= 4 is 35.8 Å². The third-order valence-corrected chi connectivity index (χ3v) is 3.07. The van der Waals surface area contributed by atoms with Crippen LogP contribution in [0.25, 0.3) is 0 Å². The van der Waals surface area contributed by atoms with Gasteiger partial charge < -0.3 is 16.0 Å². The van der Waals surface area contributed by atoms with Crippen LogP contribution in [-0.4, -0.2) is 32.5 Å². The summed E-state index contributed by atoms with van der Waals surface area (Å²) >= 11 is 0. The van der Waals surface area contributed by atoms with Crippen molar-refractivity contribution in [2.75, 3.05) is 20.6 Å². The van der Waals surface area contributed by atoms with E-state index in [0.29, 0.717) is 19.0 Å². The summed E-state index contributed by atoms with van der Waals surface area (Å²) in [6.45, 7) is 4.99. The van der Waals surface area contributed by atoms with Crippen LogP contribution in [0.15, 0.2) is 35.3 Å². The van der Waals surface area contributed by atoms with Gasteiger partial charge in [0.05, 0.1) is 5.41 Å². The number of benzene rings is 1. The van der Waals surface area contributed by atoms with Crippen LogP contribution in [0.4, 0.5) is 0 Å². The summed E-state index contributed by atoms with van der Waals surface area (Å²) in [5, 5.41) is 9.06. The molecule has 0 fully saturated rings. The number of rotatable bonds is 5. The van der Waals surface area contributed by atoms with Gasteiger partial charge in [0.1, 0.15) is 0 Å². The van der Waals surface area contributed by atoms with E-state index >= 15 is 0 Å². The van der Waals surface area contributed by atoms with Crippen molar-refractivity contribution < 1.29 is 4.79 Å². The van der Waals surface area contributed by atoms with Crippen LogP contribution in [0.3, 0.4) is 0 Å². The standard InChI is InChI=1S/C15H24N4O.HI/c1-15(2,13(20)16-3)11-19-14(17-4)18-10-12-8-6-5-7-9-12;/h5-9H,10-11H2,1-4H3,(H,16,20)(H2,17,18,19);1H. The molecule has 0 bridgehead atoms. The van der Waals surface area contributed by atoms with Gasteiger partial charge in [0.2, 0.25) is 5.91 Å². The molecule has 0 unspecified atom stereocenters. The molecule has 118 valence electrons. The van der Waals surface area contributed by atoms with Crippen molar-refractivity contribution in [1.29, 1.82) is 0 Å². The lowest BCUT2D eigenvalue weighted by atomic mass is 9.92. The molecule has 1 rings (SSSR count). The Kier molecular flexibility index (Phi) is 9.00. The highest BCUT2D eigenvalue weighted by molar-refractivity contribution is 14.0. The number of guanidine groups is 1. The van der Waals surface area contributed by atoms with Crippen molar-refractivity contribution in [2.45, 2.75) is 20.4 Å². The molecular weight excluding hydrogens is 379 g/mol. The van der Waals surface area contributed by atoms with E-state index in [4.69, 9.17) is 0 Å². The molecule has 0 spiro atoms. The summed E-state index contributed by atoms with van der Waals surface area (Å²) in [6.07, 6.45) is 0. The molecule has 0 aliphatic heterocycles. The number of aliphatic imine (C=N–C) groups is 1. The largest absolute Gasteiger partial charge is 0.359 e. The van der Waals surface area contributed by atoms with Crippen molar-refractivity contribution in [1.82, 2.24) is 16.0 Å². The summed E-state index contributed by atoms with van der Waals surface area (Å²) in [4.78, 5) is 15.9. The average molecular weight is 404 g/mol. The molecule has 1 aromatic carbocycles.